The van der Waals surface area contributed by atoms with E-state index in [4.69, 9.17) is 0 Å². The maximum Gasteiger partial charge on any atom is 0.0476 e. The van der Waals surface area contributed by atoms with Crippen molar-refractivity contribution < 1.29 is 0 Å². The summed E-state index contributed by atoms with van der Waals surface area (Å²) >= 11 is 1.88. The highest BCUT2D eigenvalue weighted by atomic mass is 32.1. The lowest BCUT2D eigenvalue weighted by molar-refractivity contribution is 0.320. The van der Waals surface area contributed by atoms with Gasteiger partial charge in [-0.05, 0) is 145 Å². The Morgan fingerprint density at radius 2 is 0.948 bits per heavy atom. The van der Waals surface area contributed by atoms with E-state index in [-0.39, 0.29) is 5.41 Å². The van der Waals surface area contributed by atoms with Crippen LogP contribution in [0.1, 0.15) is 80.4 Å². The zero-order valence-corrected chi connectivity index (χ0v) is 34.0. The van der Waals surface area contributed by atoms with Crippen LogP contribution in [0.4, 0.5) is 34.1 Å². The molecule has 3 saturated carbocycles. The third-order valence-corrected chi connectivity index (χ3v) is 15.1. The third-order valence-electron chi connectivity index (χ3n) is 14.0. The number of thiophene rings is 1. The van der Waals surface area contributed by atoms with Crippen LogP contribution in [-0.2, 0) is 5.41 Å². The quantitative estimate of drug-likeness (QED) is 0.144. The van der Waals surface area contributed by atoms with Crippen LogP contribution >= 0.6 is 11.3 Å². The average molecular weight is 771 g/mol. The van der Waals surface area contributed by atoms with Gasteiger partial charge in [-0.2, -0.15) is 0 Å². The summed E-state index contributed by atoms with van der Waals surface area (Å²) < 4.78 is 2.66. The Morgan fingerprint density at radius 1 is 0.431 bits per heavy atom. The van der Waals surface area contributed by atoms with E-state index in [1.54, 1.807) is 0 Å². The van der Waals surface area contributed by atoms with Crippen LogP contribution in [0, 0.1) is 11.8 Å². The van der Waals surface area contributed by atoms with E-state index >= 15 is 0 Å². The van der Waals surface area contributed by atoms with Crippen molar-refractivity contribution in [3.8, 4) is 0 Å². The van der Waals surface area contributed by atoms with Crippen molar-refractivity contribution in [1.82, 2.24) is 0 Å². The Kier molecular flexibility index (Phi) is 9.15. The first kappa shape index (κ1) is 35.5. The van der Waals surface area contributed by atoms with Gasteiger partial charge in [0.2, 0.25) is 0 Å². The van der Waals surface area contributed by atoms with Gasteiger partial charge < -0.3 is 9.80 Å². The van der Waals surface area contributed by atoms with Crippen LogP contribution in [0.2, 0.25) is 0 Å². The molecule has 3 fully saturated rings. The molecule has 3 unspecified atom stereocenters. The van der Waals surface area contributed by atoms with Gasteiger partial charge in [-0.25, -0.2) is 0 Å². The summed E-state index contributed by atoms with van der Waals surface area (Å²) in [5.41, 5.74) is 11.6. The van der Waals surface area contributed by atoms with E-state index in [1.165, 1.54) is 129 Å². The molecular weight excluding hydrogens is 721 g/mol. The standard InChI is InChI=1S/C55H50N2S/c1-4-12-40(13-5-1)41-21-28-47(29-22-41)56(45-14-6-2-7-15-45)48-30-24-42(25-31-48)55(38-39-20-23-44(55)36-39)43-26-32-49(33-27-43)57(46-16-8-3-9-17-46)50-34-35-52-51-18-10-11-19-53(51)58-54(52)37-50/h2-3,6-11,14-19,21-22,24-35,37,39-40,44H,1,4-5,12-13,20,23,36,38H2. The van der Waals surface area contributed by atoms with Gasteiger partial charge in [0.25, 0.3) is 0 Å². The number of rotatable bonds is 9. The molecule has 2 nitrogen and oxygen atoms in total. The van der Waals surface area contributed by atoms with Crippen molar-refractivity contribution in [2.45, 2.75) is 69.1 Å². The monoisotopic (exact) mass is 770 g/mol. The molecule has 0 spiro atoms. The molecule has 7 aromatic carbocycles. The number of para-hydroxylation sites is 2. The normalized spacial score (nSPS) is 20.5. The van der Waals surface area contributed by atoms with Crippen LogP contribution < -0.4 is 9.80 Å². The molecule has 3 atom stereocenters. The number of fused-ring (bicyclic) bond motifs is 5. The molecule has 8 aromatic rings. The molecule has 0 radical (unpaired) electrons. The van der Waals surface area contributed by atoms with Crippen LogP contribution in [0.25, 0.3) is 20.2 Å². The maximum absolute atomic E-state index is 2.47. The summed E-state index contributed by atoms with van der Waals surface area (Å²) in [4.78, 5) is 4.86. The Bertz CT molecular complexity index is 2660. The van der Waals surface area contributed by atoms with Gasteiger partial charge in [-0.3, -0.25) is 0 Å². The highest BCUT2D eigenvalue weighted by Crippen LogP contribution is 2.60. The highest BCUT2D eigenvalue weighted by Gasteiger charge is 2.52. The molecule has 1 heterocycles. The van der Waals surface area contributed by atoms with E-state index in [1.807, 2.05) is 11.3 Å². The lowest BCUT2D eigenvalue weighted by atomic mass is 9.64. The van der Waals surface area contributed by atoms with Crippen molar-refractivity contribution in [1.29, 1.82) is 0 Å². The van der Waals surface area contributed by atoms with Crippen LogP contribution in [-0.4, -0.2) is 0 Å². The van der Waals surface area contributed by atoms with Gasteiger partial charge in [-0.15, -0.1) is 11.3 Å². The lowest BCUT2D eigenvalue weighted by Gasteiger charge is -2.40. The fraction of sp³-hybridized carbons (Fsp3) is 0.236. The minimum absolute atomic E-state index is 0.0206. The van der Waals surface area contributed by atoms with Crippen molar-refractivity contribution in [2.75, 3.05) is 9.80 Å². The molecule has 3 aliphatic carbocycles. The van der Waals surface area contributed by atoms with Gasteiger partial charge >= 0.3 is 0 Å². The predicted octanol–water partition coefficient (Wildman–Crippen LogP) is 16.1. The molecule has 3 aliphatic rings. The Labute approximate surface area is 347 Å². The Hall–Kier alpha value is -5.64. The van der Waals surface area contributed by atoms with Crippen molar-refractivity contribution in [2.24, 2.45) is 11.8 Å². The van der Waals surface area contributed by atoms with E-state index < -0.39 is 0 Å². The van der Waals surface area contributed by atoms with Gasteiger partial charge in [0.1, 0.15) is 0 Å². The van der Waals surface area contributed by atoms with E-state index in [0.29, 0.717) is 11.8 Å². The number of benzene rings is 7. The Morgan fingerprint density at radius 3 is 1.53 bits per heavy atom. The number of hydrogen-bond acceptors (Lipinski definition) is 3. The number of nitrogens with zero attached hydrogens (tertiary/aromatic N) is 2. The van der Waals surface area contributed by atoms with Gasteiger partial charge in [0.05, 0.1) is 0 Å². The third kappa shape index (κ3) is 6.23. The second-order valence-electron chi connectivity index (χ2n) is 17.2. The van der Waals surface area contributed by atoms with Gasteiger partial charge in [0.15, 0.2) is 0 Å². The summed E-state index contributed by atoms with van der Waals surface area (Å²) in [5, 5.41) is 2.67. The molecular formula is C55H50N2S. The van der Waals surface area contributed by atoms with Crippen molar-refractivity contribution >= 4 is 65.6 Å². The molecule has 2 bridgehead atoms. The molecule has 11 rings (SSSR count). The molecule has 3 heteroatoms. The van der Waals surface area contributed by atoms with Gasteiger partial charge in [-0.1, -0.05) is 123 Å². The van der Waals surface area contributed by atoms with Crippen LogP contribution in [0.15, 0.2) is 176 Å². The SMILES string of the molecule is c1ccc(N(c2ccc(C3CCCCC3)cc2)c2ccc(C3(c4ccc(N(c5ccccc5)c5ccc6c(c5)sc5ccccc56)cc4)CC4CCC3C4)cc2)cc1. The minimum atomic E-state index is 0.0206. The molecule has 58 heavy (non-hydrogen) atoms. The maximum atomic E-state index is 2.47. The lowest BCUT2D eigenvalue weighted by Crippen LogP contribution is -2.34. The number of hydrogen-bond donors (Lipinski definition) is 0. The fourth-order valence-electron chi connectivity index (χ4n) is 11.3. The topological polar surface area (TPSA) is 6.48 Å². The fourth-order valence-corrected chi connectivity index (χ4v) is 12.4. The van der Waals surface area contributed by atoms with Crippen molar-refractivity contribution in [3.05, 3.63) is 193 Å². The number of anilines is 6. The zero-order chi connectivity index (χ0) is 38.5. The molecule has 0 aliphatic heterocycles. The van der Waals surface area contributed by atoms with Crippen molar-refractivity contribution in [3.63, 3.8) is 0 Å². The first-order valence-corrected chi connectivity index (χ1v) is 22.5. The first-order chi connectivity index (χ1) is 28.7. The summed E-state index contributed by atoms with van der Waals surface area (Å²) in [7, 11) is 0. The molecule has 0 N–H and O–H groups in total. The first-order valence-electron chi connectivity index (χ1n) is 21.6. The molecule has 0 saturated heterocycles. The second-order valence-corrected chi connectivity index (χ2v) is 18.3. The average Bonchev–Trinajstić information content (AvgIpc) is 4.03. The minimum Gasteiger partial charge on any atom is -0.311 e. The van der Waals surface area contributed by atoms with Crippen LogP contribution in [0.3, 0.4) is 0 Å². The second kappa shape index (κ2) is 14.9. The molecule has 0 amide bonds. The summed E-state index contributed by atoms with van der Waals surface area (Å²) in [5.74, 6) is 2.16. The molecule has 1 aromatic heterocycles. The van der Waals surface area contributed by atoms with E-state index in [2.05, 4.69) is 186 Å². The van der Waals surface area contributed by atoms with Crippen LogP contribution in [0.5, 0.6) is 0 Å². The summed E-state index contributed by atoms with van der Waals surface area (Å²) in [6, 6.07) is 66.4. The smallest absolute Gasteiger partial charge is 0.0476 e. The summed E-state index contributed by atoms with van der Waals surface area (Å²) in [6.07, 6.45) is 12.0. The predicted molar refractivity (Wildman–Crippen MR) is 247 cm³/mol. The summed E-state index contributed by atoms with van der Waals surface area (Å²) in [6.45, 7) is 0. The molecule has 286 valence electrons. The van der Waals surface area contributed by atoms with Gasteiger partial charge in [0, 0.05) is 59.7 Å². The van der Waals surface area contributed by atoms with E-state index in [9.17, 15) is 0 Å². The largest absolute Gasteiger partial charge is 0.311 e. The Balaban J connectivity index is 0.946. The zero-order valence-electron chi connectivity index (χ0n) is 33.1. The highest BCUT2D eigenvalue weighted by molar-refractivity contribution is 7.25. The van der Waals surface area contributed by atoms with E-state index in [0.717, 1.165) is 5.92 Å².